The fourth-order valence-electron chi connectivity index (χ4n) is 2.35. The lowest BCUT2D eigenvalue weighted by Gasteiger charge is -2.13. The Hall–Kier alpha value is -2.77. The third-order valence-electron chi connectivity index (χ3n) is 3.64. The molecule has 5 nitrogen and oxygen atoms in total. The summed E-state index contributed by atoms with van der Waals surface area (Å²) in [6.07, 6.45) is -1.05. The first kappa shape index (κ1) is 20.5. The van der Waals surface area contributed by atoms with Gasteiger partial charge >= 0.3 is 6.18 Å². The van der Waals surface area contributed by atoms with Crippen molar-refractivity contribution in [3.8, 4) is 5.88 Å². The number of halogens is 3. The van der Waals surface area contributed by atoms with Gasteiger partial charge in [-0.25, -0.2) is 4.98 Å². The molecule has 8 heteroatoms. The van der Waals surface area contributed by atoms with Gasteiger partial charge < -0.3 is 15.4 Å². The summed E-state index contributed by atoms with van der Waals surface area (Å²) < 4.78 is 41.3. The molecule has 0 saturated heterocycles. The molecule has 0 amide bonds. The molecule has 0 atom stereocenters. The summed E-state index contributed by atoms with van der Waals surface area (Å²) in [6, 6.07) is 13.4. The molecular weight excluding hydrogens is 357 g/mol. The first-order chi connectivity index (χ1) is 13.0. The van der Waals surface area contributed by atoms with Gasteiger partial charge in [0.2, 0.25) is 5.88 Å². The highest BCUT2D eigenvalue weighted by molar-refractivity contribution is 5.79. The molecule has 0 fully saturated rings. The summed E-state index contributed by atoms with van der Waals surface area (Å²) in [5.74, 6) is 0.565. The molecule has 2 rings (SSSR count). The second-order valence-corrected chi connectivity index (χ2v) is 5.85. The molecule has 1 aromatic heterocycles. The van der Waals surface area contributed by atoms with Gasteiger partial charge in [-0.1, -0.05) is 30.3 Å². The van der Waals surface area contributed by atoms with Gasteiger partial charge in [-0.2, -0.15) is 13.2 Å². The second kappa shape index (κ2) is 10.4. The summed E-state index contributed by atoms with van der Waals surface area (Å²) in [5.41, 5.74) is 2.03. The predicted octanol–water partition coefficient (Wildman–Crippen LogP) is 3.32. The molecule has 0 aliphatic carbocycles. The fourth-order valence-corrected chi connectivity index (χ4v) is 2.35. The van der Waals surface area contributed by atoms with Gasteiger partial charge in [0.25, 0.3) is 0 Å². The quantitative estimate of drug-likeness (QED) is 0.419. The van der Waals surface area contributed by atoms with Gasteiger partial charge in [0, 0.05) is 32.4 Å². The number of hydrogen-bond donors (Lipinski definition) is 2. The summed E-state index contributed by atoms with van der Waals surface area (Å²) in [4.78, 5) is 7.92. The Kier molecular flexibility index (Phi) is 7.91. The topological polar surface area (TPSA) is 58.5 Å². The SMILES string of the molecule is CN=C(NCCCc1ccccc1)NCc1ccnc(OCC(F)(F)F)c1. The Bertz CT molecular complexity index is 720. The van der Waals surface area contributed by atoms with E-state index in [0.29, 0.717) is 12.5 Å². The van der Waals surface area contributed by atoms with Crippen molar-refractivity contribution in [2.24, 2.45) is 4.99 Å². The van der Waals surface area contributed by atoms with E-state index in [0.717, 1.165) is 24.9 Å². The van der Waals surface area contributed by atoms with Gasteiger partial charge in [-0.15, -0.1) is 0 Å². The van der Waals surface area contributed by atoms with Crippen LogP contribution in [0.5, 0.6) is 5.88 Å². The molecule has 0 saturated carbocycles. The molecular formula is C19H23F3N4O. The van der Waals surface area contributed by atoms with E-state index in [-0.39, 0.29) is 5.88 Å². The minimum atomic E-state index is -4.39. The number of guanidine groups is 1. The first-order valence-corrected chi connectivity index (χ1v) is 8.59. The number of benzene rings is 1. The van der Waals surface area contributed by atoms with E-state index in [9.17, 15) is 13.2 Å². The lowest BCUT2D eigenvalue weighted by Crippen LogP contribution is -2.37. The molecule has 0 spiro atoms. The van der Waals surface area contributed by atoms with Crippen LogP contribution in [0.4, 0.5) is 13.2 Å². The number of nitrogens with one attached hydrogen (secondary N) is 2. The third kappa shape index (κ3) is 8.44. The molecule has 146 valence electrons. The van der Waals surface area contributed by atoms with E-state index in [1.807, 2.05) is 18.2 Å². The van der Waals surface area contributed by atoms with Crippen molar-refractivity contribution in [3.05, 3.63) is 59.8 Å². The third-order valence-corrected chi connectivity index (χ3v) is 3.64. The lowest BCUT2D eigenvalue weighted by molar-refractivity contribution is -0.154. The number of nitrogens with zero attached hydrogens (tertiary/aromatic N) is 2. The van der Waals surface area contributed by atoms with Crippen molar-refractivity contribution < 1.29 is 17.9 Å². The molecule has 1 aromatic carbocycles. The minimum absolute atomic E-state index is 0.0579. The van der Waals surface area contributed by atoms with Crippen LogP contribution in [0.15, 0.2) is 53.7 Å². The second-order valence-electron chi connectivity index (χ2n) is 5.85. The van der Waals surface area contributed by atoms with Crippen molar-refractivity contribution in [3.63, 3.8) is 0 Å². The number of ether oxygens (including phenoxy) is 1. The zero-order valence-electron chi connectivity index (χ0n) is 15.1. The van der Waals surface area contributed by atoms with Crippen LogP contribution in [0.2, 0.25) is 0 Å². The summed E-state index contributed by atoms with van der Waals surface area (Å²) in [5, 5.41) is 6.33. The molecule has 0 radical (unpaired) electrons. The molecule has 2 aromatic rings. The van der Waals surface area contributed by atoms with E-state index in [4.69, 9.17) is 0 Å². The van der Waals surface area contributed by atoms with E-state index < -0.39 is 12.8 Å². The maximum atomic E-state index is 12.2. The molecule has 1 heterocycles. The number of aliphatic imine (C=N–C) groups is 1. The highest BCUT2D eigenvalue weighted by Gasteiger charge is 2.28. The highest BCUT2D eigenvalue weighted by Crippen LogP contribution is 2.17. The van der Waals surface area contributed by atoms with Gasteiger partial charge in [0.05, 0.1) is 0 Å². The van der Waals surface area contributed by atoms with Crippen molar-refractivity contribution in [2.75, 3.05) is 20.2 Å². The lowest BCUT2D eigenvalue weighted by atomic mass is 10.1. The van der Waals surface area contributed by atoms with E-state index in [2.05, 4.69) is 37.5 Å². The average molecular weight is 380 g/mol. The van der Waals surface area contributed by atoms with E-state index in [1.165, 1.54) is 17.8 Å². The van der Waals surface area contributed by atoms with E-state index >= 15 is 0 Å². The Morgan fingerprint density at radius 2 is 1.89 bits per heavy atom. The van der Waals surface area contributed by atoms with Crippen LogP contribution >= 0.6 is 0 Å². The zero-order valence-corrected chi connectivity index (χ0v) is 15.1. The maximum Gasteiger partial charge on any atom is 0.422 e. The van der Waals surface area contributed by atoms with Crippen molar-refractivity contribution in [1.82, 2.24) is 15.6 Å². The molecule has 0 bridgehead atoms. The van der Waals surface area contributed by atoms with Gasteiger partial charge in [-0.05, 0) is 30.0 Å². The minimum Gasteiger partial charge on any atom is -0.468 e. The van der Waals surface area contributed by atoms with Crippen molar-refractivity contribution >= 4 is 5.96 Å². The number of pyridine rings is 1. The number of aryl methyl sites for hydroxylation is 1. The molecule has 0 aliphatic heterocycles. The molecule has 0 aliphatic rings. The number of alkyl halides is 3. The number of hydrogen-bond acceptors (Lipinski definition) is 3. The Labute approximate surface area is 156 Å². The first-order valence-electron chi connectivity index (χ1n) is 8.59. The Morgan fingerprint density at radius 3 is 2.59 bits per heavy atom. The van der Waals surface area contributed by atoms with Crippen LogP contribution in [0.3, 0.4) is 0 Å². The zero-order chi connectivity index (χ0) is 19.5. The van der Waals surface area contributed by atoms with Gasteiger partial charge in [0.15, 0.2) is 12.6 Å². The van der Waals surface area contributed by atoms with Crippen LogP contribution < -0.4 is 15.4 Å². The van der Waals surface area contributed by atoms with Gasteiger partial charge in [0.1, 0.15) is 0 Å². The van der Waals surface area contributed by atoms with Crippen LogP contribution in [-0.4, -0.2) is 37.3 Å². The predicted molar refractivity (Wildman–Crippen MR) is 98.8 cm³/mol. The van der Waals surface area contributed by atoms with Crippen LogP contribution in [0, 0.1) is 0 Å². The smallest absolute Gasteiger partial charge is 0.422 e. The van der Waals surface area contributed by atoms with E-state index in [1.54, 1.807) is 13.1 Å². The highest BCUT2D eigenvalue weighted by atomic mass is 19.4. The molecule has 0 unspecified atom stereocenters. The van der Waals surface area contributed by atoms with Crippen LogP contribution in [0.25, 0.3) is 0 Å². The number of aromatic nitrogens is 1. The Balaban J connectivity index is 1.73. The standard InChI is InChI=1S/C19H23F3N4O/c1-23-18(25-10-5-8-15-6-3-2-4-7-15)26-13-16-9-11-24-17(12-16)27-14-19(20,21)22/h2-4,6-7,9,11-12H,5,8,10,13-14H2,1H3,(H2,23,25,26). The summed E-state index contributed by atoms with van der Waals surface area (Å²) >= 11 is 0. The largest absolute Gasteiger partial charge is 0.468 e. The Morgan fingerprint density at radius 1 is 1.11 bits per heavy atom. The molecule has 2 N–H and O–H groups in total. The molecule has 27 heavy (non-hydrogen) atoms. The van der Waals surface area contributed by atoms with Crippen LogP contribution in [-0.2, 0) is 13.0 Å². The van der Waals surface area contributed by atoms with Crippen LogP contribution in [0.1, 0.15) is 17.5 Å². The van der Waals surface area contributed by atoms with Crippen molar-refractivity contribution in [2.45, 2.75) is 25.6 Å². The average Bonchev–Trinajstić information content (AvgIpc) is 2.66. The fraction of sp³-hybridized carbons (Fsp3) is 0.368. The number of rotatable bonds is 8. The monoisotopic (exact) mass is 380 g/mol. The maximum absolute atomic E-state index is 12.2. The van der Waals surface area contributed by atoms with Gasteiger partial charge in [-0.3, -0.25) is 4.99 Å². The normalized spacial score (nSPS) is 11.9. The van der Waals surface area contributed by atoms with Crippen molar-refractivity contribution in [1.29, 1.82) is 0 Å². The summed E-state index contributed by atoms with van der Waals surface area (Å²) in [6.45, 7) is -0.213. The summed E-state index contributed by atoms with van der Waals surface area (Å²) in [7, 11) is 1.66.